The number of hydrogen-bond acceptors (Lipinski definition) is 4. The minimum atomic E-state index is 0.0770. The Morgan fingerprint density at radius 1 is 0.741 bits per heavy atom. The molecule has 1 unspecified atom stereocenters. The first kappa shape index (κ1) is 17.2. The number of hydrogen-bond donors (Lipinski definition) is 1. The highest BCUT2D eigenvalue weighted by molar-refractivity contribution is 5.81. The lowest BCUT2D eigenvalue weighted by Gasteiger charge is -2.24. The van der Waals surface area contributed by atoms with Gasteiger partial charge in [-0.05, 0) is 65.7 Å². The number of methoxy groups -OCH3 is 2. The molecule has 0 spiro atoms. The molecule has 0 fully saturated rings. The highest BCUT2D eigenvalue weighted by Crippen LogP contribution is 2.35. The predicted octanol–water partition coefficient (Wildman–Crippen LogP) is 4.81. The maximum atomic E-state index is 5.30. The molecule has 0 amide bonds. The van der Waals surface area contributed by atoms with Crippen molar-refractivity contribution in [3.63, 3.8) is 0 Å². The van der Waals surface area contributed by atoms with Crippen LogP contribution in [0.5, 0.6) is 11.5 Å². The van der Waals surface area contributed by atoms with Gasteiger partial charge in [0, 0.05) is 0 Å². The molecule has 4 rings (SSSR count). The van der Waals surface area contributed by atoms with E-state index in [9.17, 15) is 0 Å². The van der Waals surface area contributed by atoms with Crippen LogP contribution in [0.2, 0.25) is 0 Å². The lowest BCUT2D eigenvalue weighted by Crippen LogP contribution is -2.33. The van der Waals surface area contributed by atoms with Crippen molar-refractivity contribution in [1.82, 2.24) is 5.43 Å². The average molecular weight is 358 g/mol. The summed E-state index contributed by atoms with van der Waals surface area (Å²) in [5, 5.41) is 2.14. The fraction of sp³-hybridized carbons (Fsp3) is 0.130. The molecule has 1 heterocycles. The third-order valence-corrected chi connectivity index (χ3v) is 4.71. The van der Waals surface area contributed by atoms with E-state index in [2.05, 4.69) is 52.9 Å². The van der Waals surface area contributed by atoms with E-state index in [1.54, 1.807) is 14.2 Å². The molecule has 3 aromatic carbocycles. The van der Waals surface area contributed by atoms with Gasteiger partial charge in [-0.3, -0.25) is 5.01 Å². The molecule has 1 atom stereocenters. The smallest absolute Gasteiger partial charge is 0.118 e. The molecule has 27 heavy (non-hydrogen) atoms. The summed E-state index contributed by atoms with van der Waals surface area (Å²) in [5.41, 5.74) is 8.12. The van der Waals surface area contributed by atoms with Crippen LogP contribution in [-0.2, 0) is 0 Å². The number of anilines is 1. The topological polar surface area (TPSA) is 33.7 Å². The monoisotopic (exact) mass is 358 g/mol. The van der Waals surface area contributed by atoms with Gasteiger partial charge in [0.15, 0.2) is 0 Å². The molecule has 136 valence electrons. The van der Waals surface area contributed by atoms with E-state index in [-0.39, 0.29) is 6.04 Å². The summed E-state index contributed by atoms with van der Waals surface area (Å²) >= 11 is 0. The second-order valence-corrected chi connectivity index (χ2v) is 6.33. The molecule has 1 aliphatic heterocycles. The molecule has 4 nitrogen and oxygen atoms in total. The largest absolute Gasteiger partial charge is 0.497 e. The first-order valence-corrected chi connectivity index (χ1v) is 8.90. The fourth-order valence-corrected chi connectivity index (χ4v) is 3.24. The number of rotatable bonds is 5. The summed E-state index contributed by atoms with van der Waals surface area (Å²) in [5.74, 6) is 1.71. The molecule has 0 aromatic heterocycles. The van der Waals surface area contributed by atoms with Gasteiger partial charge >= 0.3 is 0 Å². The van der Waals surface area contributed by atoms with Crippen molar-refractivity contribution in [1.29, 1.82) is 0 Å². The third kappa shape index (κ3) is 3.52. The zero-order valence-corrected chi connectivity index (χ0v) is 15.4. The summed E-state index contributed by atoms with van der Waals surface area (Å²) in [6, 6.07) is 26.7. The van der Waals surface area contributed by atoms with Gasteiger partial charge in [0.25, 0.3) is 0 Å². The molecular weight excluding hydrogens is 336 g/mol. The van der Waals surface area contributed by atoms with Crippen LogP contribution < -0.4 is 19.9 Å². The Hall–Kier alpha value is -3.24. The van der Waals surface area contributed by atoms with E-state index in [0.717, 1.165) is 28.4 Å². The van der Waals surface area contributed by atoms with Gasteiger partial charge in [-0.2, -0.15) is 0 Å². The predicted molar refractivity (Wildman–Crippen MR) is 109 cm³/mol. The van der Waals surface area contributed by atoms with Crippen LogP contribution in [0.4, 0.5) is 5.69 Å². The van der Waals surface area contributed by atoms with E-state index in [1.807, 2.05) is 42.5 Å². The lowest BCUT2D eigenvalue weighted by atomic mass is 10.0. The van der Waals surface area contributed by atoms with E-state index in [1.165, 1.54) is 5.56 Å². The van der Waals surface area contributed by atoms with Crippen LogP contribution in [0.15, 0.2) is 84.9 Å². The van der Waals surface area contributed by atoms with Gasteiger partial charge in [0.05, 0.1) is 31.6 Å². The summed E-state index contributed by atoms with van der Waals surface area (Å²) < 4.78 is 10.6. The summed E-state index contributed by atoms with van der Waals surface area (Å²) in [6.45, 7) is 0. The van der Waals surface area contributed by atoms with E-state index in [4.69, 9.17) is 9.47 Å². The molecule has 0 radical (unpaired) electrons. The Morgan fingerprint density at radius 2 is 1.33 bits per heavy atom. The lowest BCUT2D eigenvalue weighted by molar-refractivity contribution is 0.414. The molecule has 0 saturated carbocycles. The third-order valence-electron chi connectivity index (χ3n) is 4.71. The maximum Gasteiger partial charge on any atom is 0.118 e. The number of benzene rings is 3. The van der Waals surface area contributed by atoms with Gasteiger partial charge in [0.1, 0.15) is 11.5 Å². The van der Waals surface area contributed by atoms with Crippen LogP contribution in [0.3, 0.4) is 0 Å². The Balaban J connectivity index is 1.71. The summed E-state index contributed by atoms with van der Waals surface area (Å²) in [4.78, 5) is 0. The van der Waals surface area contributed by atoms with Crippen molar-refractivity contribution >= 4 is 11.4 Å². The van der Waals surface area contributed by atoms with Crippen LogP contribution in [0, 0.1) is 0 Å². The Kier molecular flexibility index (Phi) is 4.81. The SMILES string of the molecule is COc1ccc(C2=CC(c3ccc(OC)cc3)NN2c2ccccc2)cc1. The van der Waals surface area contributed by atoms with Crippen LogP contribution >= 0.6 is 0 Å². The van der Waals surface area contributed by atoms with Crippen molar-refractivity contribution in [2.45, 2.75) is 6.04 Å². The van der Waals surface area contributed by atoms with Crippen molar-refractivity contribution in [3.05, 3.63) is 96.1 Å². The molecule has 1 N–H and O–H groups in total. The van der Waals surface area contributed by atoms with Crippen molar-refractivity contribution in [3.8, 4) is 11.5 Å². The molecular formula is C23H22N2O2. The van der Waals surface area contributed by atoms with Gasteiger partial charge in [0.2, 0.25) is 0 Å². The average Bonchev–Trinajstić information content (AvgIpc) is 3.20. The van der Waals surface area contributed by atoms with Crippen molar-refractivity contribution < 1.29 is 9.47 Å². The van der Waals surface area contributed by atoms with Crippen LogP contribution in [0.25, 0.3) is 5.70 Å². The van der Waals surface area contributed by atoms with Crippen LogP contribution in [-0.4, -0.2) is 14.2 Å². The van der Waals surface area contributed by atoms with E-state index < -0.39 is 0 Å². The van der Waals surface area contributed by atoms with E-state index >= 15 is 0 Å². The zero-order valence-electron chi connectivity index (χ0n) is 15.4. The Bertz CT molecular complexity index is 919. The molecule has 3 aromatic rings. The number of hydrazine groups is 1. The number of ether oxygens (including phenoxy) is 2. The first-order valence-electron chi connectivity index (χ1n) is 8.90. The molecule has 0 bridgehead atoms. The highest BCUT2D eigenvalue weighted by Gasteiger charge is 2.26. The minimum Gasteiger partial charge on any atom is -0.497 e. The van der Waals surface area contributed by atoms with Gasteiger partial charge in [-0.25, -0.2) is 5.43 Å². The molecule has 0 aliphatic carbocycles. The normalized spacial score (nSPS) is 16.1. The van der Waals surface area contributed by atoms with Crippen molar-refractivity contribution in [2.24, 2.45) is 0 Å². The van der Waals surface area contributed by atoms with Crippen LogP contribution in [0.1, 0.15) is 17.2 Å². The van der Waals surface area contributed by atoms with Gasteiger partial charge in [-0.15, -0.1) is 0 Å². The summed E-state index contributed by atoms with van der Waals surface area (Å²) in [6.07, 6.45) is 2.25. The van der Waals surface area contributed by atoms with Crippen molar-refractivity contribution in [2.75, 3.05) is 19.2 Å². The Morgan fingerprint density at radius 3 is 1.93 bits per heavy atom. The standard InChI is InChI=1S/C23H22N2O2/c1-26-20-12-8-17(9-13-20)22-16-23(18-10-14-21(27-2)15-11-18)25(24-22)19-6-4-3-5-7-19/h3-16,22,24H,1-2H3. The summed E-state index contributed by atoms with van der Waals surface area (Å²) in [7, 11) is 3.36. The Labute approximate surface area is 159 Å². The highest BCUT2D eigenvalue weighted by atomic mass is 16.5. The zero-order chi connectivity index (χ0) is 18.6. The fourth-order valence-electron chi connectivity index (χ4n) is 3.24. The number of nitrogens with one attached hydrogen (secondary N) is 1. The van der Waals surface area contributed by atoms with E-state index in [0.29, 0.717) is 0 Å². The number of nitrogens with zero attached hydrogens (tertiary/aromatic N) is 1. The molecule has 1 aliphatic rings. The number of para-hydroxylation sites is 1. The minimum absolute atomic E-state index is 0.0770. The quantitative estimate of drug-likeness (QED) is 0.710. The molecule has 0 saturated heterocycles. The van der Waals surface area contributed by atoms with Gasteiger partial charge in [-0.1, -0.05) is 30.3 Å². The second-order valence-electron chi connectivity index (χ2n) is 6.33. The van der Waals surface area contributed by atoms with Gasteiger partial charge < -0.3 is 9.47 Å². The second kappa shape index (κ2) is 7.56. The molecule has 4 heteroatoms. The first-order chi connectivity index (χ1) is 13.3. The maximum absolute atomic E-state index is 5.30.